The van der Waals surface area contributed by atoms with Crippen molar-refractivity contribution in [1.29, 1.82) is 0 Å². The van der Waals surface area contributed by atoms with Crippen molar-refractivity contribution in [2.45, 2.75) is 20.8 Å². The summed E-state index contributed by atoms with van der Waals surface area (Å²) in [4.78, 5) is 13.0. The number of hydrogen-bond donors (Lipinski definition) is 3. The van der Waals surface area contributed by atoms with Crippen LogP contribution in [0.2, 0.25) is 0 Å². The minimum absolute atomic E-state index is 0.502. The average molecular weight is 366 g/mol. The zero-order chi connectivity index (χ0) is 18.5. The number of benzene rings is 1. The van der Waals surface area contributed by atoms with Crippen LogP contribution in [0, 0.1) is 20.8 Å². The molecule has 3 N–H and O–H groups in total. The highest BCUT2D eigenvalue weighted by molar-refractivity contribution is 7.80. The first-order valence-electron chi connectivity index (χ1n) is 8.47. The number of aromatic nitrogens is 3. The van der Waals surface area contributed by atoms with Crippen LogP contribution in [-0.2, 0) is 0 Å². The highest BCUT2D eigenvalue weighted by Crippen LogP contribution is 2.24. The maximum Gasteiger partial charge on any atom is 0.229 e. The molecule has 6 nitrogen and oxygen atoms in total. The van der Waals surface area contributed by atoms with Crippen molar-refractivity contribution in [3.8, 4) is 0 Å². The number of anilines is 2. The van der Waals surface area contributed by atoms with E-state index in [2.05, 4.69) is 62.1 Å². The highest BCUT2D eigenvalue weighted by atomic mass is 32.1. The fourth-order valence-corrected chi connectivity index (χ4v) is 2.84. The molecule has 0 radical (unpaired) electrons. The minimum Gasteiger partial charge on any atom is -0.383 e. The van der Waals surface area contributed by atoms with E-state index >= 15 is 0 Å². The lowest BCUT2D eigenvalue weighted by Gasteiger charge is -2.13. The lowest BCUT2D eigenvalue weighted by atomic mass is 10.1. The topological polar surface area (TPSA) is 74.8 Å². The lowest BCUT2D eigenvalue weighted by molar-refractivity contribution is 0.913. The van der Waals surface area contributed by atoms with Gasteiger partial charge in [0.05, 0.1) is 5.52 Å². The van der Waals surface area contributed by atoms with Gasteiger partial charge in [0.2, 0.25) is 5.95 Å². The van der Waals surface area contributed by atoms with Crippen LogP contribution >= 0.6 is 12.2 Å². The van der Waals surface area contributed by atoms with E-state index in [9.17, 15) is 0 Å². The van der Waals surface area contributed by atoms with Gasteiger partial charge in [-0.1, -0.05) is 11.6 Å². The molecule has 134 valence electrons. The van der Waals surface area contributed by atoms with Crippen LogP contribution in [0.4, 0.5) is 11.6 Å². The van der Waals surface area contributed by atoms with E-state index in [1.54, 1.807) is 6.20 Å². The van der Waals surface area contributed by atoms with Crippen LogP contribution in [0.25, 0.3) is 10.9 Å². The molecule has 0 aliphatic carbocycles. The van der Waals surface area contributed by atoms with E-state index in [1.807, 2.05) is 19.9 Å². The second-order valence-electron chi connectivity index (χ2n) is 6.16. The first-order chi connectivity index (χ1) is 12.5. The number of hydrogen-bond acceptors (Lipinski definition) is 5. The molecule has 7 heteroatoms. The van der Waals surface area contributed by atoms with Crippen molar-refractivity contribution < 1.29 is 0 Å². The normalized spacial score (nSPS) is 10.6. The molecule has 2 heterocycles. The van der Waals surface area contributed by atoms with Gasteiger partial charge >= 0.3 is 0 Å². The largest absolute Gasteiger partial charge is 0.383 e. The van der Waals surface area contributed by atoms with Crippen molar-refractivity contribution in [3.05, 3.63) is 53.5 Å². The van der Waals surface area contributed by atoms with Gasteiger partial charge < -0.3 is 16.0 Å². The number of nitrogens with one attached hydrogen (secondary N) is 3. The van der Waals surface area contributed by atoms with Crippen molar-refractivity contribution in [2.75, 3.05) is 23.7 Å². The number of fused-ring (bicyclic) bond motifs is 1. The number of aryl methyl sites for hydroxylation is 3. The van der Waals surface area contributed by atoms with Crippen LogP contribution in [0.5, 0.6) is 0 Å². The number of rotatable bonds is 5. The molecule has 3 rings (SSSR count). The fourth-order valence-electron chi connectivity index (χ4n) is 2.65. The second kappa shape index (κ2) is 8.05. The van der Waals surface area contributed by atoms with Gasteiger partial charge in [-0.3, -0.25) is 4.98 Å². The maximum absolute atomic E-state index is 5.28. The molecule has 3 aromatic rings. The molecular formula is C19H22N6S. The average Bonchev–Trinajstić information content (AvgIpc) is 2.59. The Morgan fingerprint density at radius 3 is 2.65 bits per heavy atom. The van der Waals surface area contributed by atoms with E-state index in [1.165, 1.54) is 5.56 Å². The molecular weight excluding hydrogens is 344 g/mol. The first kappa shape index (κ1) is 18.0. The third-order valence-electron chi connectivity index (χ3n) is 3.84. The third kappa shape index (κ3) is 4.64. The van der Waals surface area contributed by atoms with Gasteiger partial charge in [0.25, 0.3) is 0 Å². The van der Waals surface area contributed by atoms with Gasteiger partial charge in [-0.25, -0.2) is 9.97 Å². The van der Waals surface area contributed by atoms with Crippen LogP contribution in [0.1, 0.15) is 17.0 Å². The van der Waals surface area contributed by atoms with Crippen LogP contribution in [0.15, 0.2) is 36.5 Å². The summed E-state index contributed by atoms with van der Waals surface area (Å²) >= 11 is 5.28. The predicted octanol–water partition coefficient (Wildman–Crippen LogP) is 3.35. The number of nitrogens with zero attached hydrogens (tertiary/aromatic N) is 3. The summed E-state index contributed by atoms with van der Waals surface area (Å²) in [6.45, 7) is 7.40. The summed E-state index contributed by atoms with van der Waals surface area (Å²) in [6.07, 6.45) is 1.70. The van der Waals surface area contributed by atoms with Crippen molar-refractivity contribution in [2.24, 2.45) is 0 Å². The summed E-state index contributed by atoms with van der Waals surface area (Å²) in [5.74, 6) is 0.502. The molecule has 0 amide bonds. The van der Waals surface area contributed by atoms with Gasteiger partial charge in [-0.05, 0) is 57.3 Å². The van der Waals surface area contributed by atoms with E-state index < -0.39 is 0 Å². The van der Waals surface area contributed by atoms with Crippen LogP contribution < -0.4 is 16.0 Å². The van der Waals surface area contributed by atoms with Gasteiger partial charge in [0, 0.05) is 41.7 Å². The molecule has 26 heavy (non-hydrogen) atoms. The molecule has 0 fully saturated rings. The Balaban J connectivity index is 1.56. The first-order valence-corrected chi connectivity index (χ1v) is 8.88. The van der Waals surface area contributed by atoms with E-state index in [-0.39, 0.29) is 0 Å². The Kier molecular flexibility index (Phi) is 5.58. The van der Waals surface area contributed by atoms with Gasteiger partial charge in [0.15, 0.2) is 5.11 Å². The summed E-state index contributed by atoms with van der Waals surface area (Å²) in [7, 11) is 0. The molecule has 0 unspecified atom stereocenters. The molecule has 0 bridgehead atoms. The lowest BCUT2D eigenvalue weighted by Crippen LogP contribution is -2.33. The molecule has 0 spiro atoms. The minimum atomic E-state index is 0.502. The Labute approximate surface area is 158 Å². The number of thiocarbonyl (C=S) groups is 1. The Hall–Kier alpha value is -2.80. The summed E-state index contributed by atoms with van der Waals surface area (Å²) < 4.78 is 0. The fraction of sp³-hybridized carbons (Fsp3) is 0.263. The monoisotopic (exact) mass is 366 g/mol. The number of pyridine rings is 1. The van der Waals surface area contributed by atoms with Crippen molar-refractivity contribution in [1.82, 2.24) is 20.3 Å². The van der Waals surface area contributed by atoms with Gasteiger partial charge in [-0.2, -0.15) is 0 Å². The van der Waals surface area contributed by atoms with E-state index in [0.717, 1.165) is 34.5 Å². The van der Waals surface area contributed by atoms with Crippen LogP contribution in [0.3, 0.4) is 0 Å². The summed E-state index contributed by atoms with van der Waals surface area (Å²) in [5.41, 5.74) is 5.18. The molecule has 2 aromatic heterocycles. The highest BCUT2D eigenvalue weighted by Gasteiger charge is 2.05. The zero-order valence-electron chi connectivity index (χ0n) is 15.1. The zero-order valence-corrected chi connectivity index (χ0v) is 15.9. The molecule has 0 aliphatic heterocycles. The predicted molar refractivity (Wildman–Crippen MR) is 111 cm³/mol. The maximum atomic E-state index is 5.28. The Bertz CT molecular complexity index is 940. The quantitative estimate of drug-likeness (QED) is 0.472. The van der Waals surface area contributed by atoms with E-state index in [0.29, 0.717) is 17.6 Å². The Morgan fingerprint density at radius 1 is 1.00 bits per heavy atom. The summed E-state index contributed by atoms with van der Waals surface area (Å²) in [6, 6.07) is 10.2. The second-order valence-corrected chi connectivity index (χ2v) is 6.57. The molecule has 1 aromatic carbocycles. The third-order valence-corrected chi connectivity index (χ3v) is 4.08. The molecule has 0 saturated heterocycles. The van der Waals surface area contributed by atoms with E-state index in [4.69, 9.17) is 12.2 Å². The molecule has 0 atom stereocenters. The Morgan fingerprint density at radius 2 is 1.85 bits per heavy atom. The molecule has 0 saturated carbocycles. The van der Waals surface area contributed by atoms with Crippen molar-refractivity contribution in [3.63, 3.8) is 0 Å². The molecule has 0 aliphatic rings. The standard InChI is InChI=1S/C19H22N6S/c1-12-4-5-16-15(10-12)17(11-14(3)23-16)20-8-9-22-19(26)25-18-21-7-6-13(2)24-18/h4-7,10-11H,8-9H2,1-3H3,(H,20,23)(H2,21,22,24,25,26). The SMILES string of the molecule is Cc1ccc2nc(C)cc(NCCNC(=S)Nc3nccc(C)n3)c2c1. The van der Waals surface area contributed by atoms with Crippen molar-refractivity contribution >= 4 is 39.9 Å². The summed E-state index contributed by atoms with van der Waals surface area (Å²) in [5, 5.41) is 11.2. The smallest absolute Gasteiger partial charge is 0.229 e. The van der Waals surface area contributed by atoms with Gasteiger partial charge in [-0.15, -0.1) is 0 Å². The van der Waals surface area contributed by atoms with Crippen LogP contribution in [-0.4, -0.2) is 33.2 Å². The van der Waals surface area contributed by atoms with Gasteiger partial charge in [0.1, 0.15) is 0 Å².